The third-order valence-electron chi connectivity index (χ3n) is 5.07. The molecule has 1 saturated heterocycles. The Kier molecular flexibility index (Phi) is 5.37. The van der Waals surface area contributed by atoms with Crippen molar-refractivity contribution in [1.82, 2.24) is 25.6 Å². The van der Waals surface area contributed by atoms with Gasteiger partial charge in [0.2, 0.25) is 11.8 Å². The summed E-state index contributed by atoms with van der Waals surface area (Å²) in [5, 5.41) is 17.6. The summed E-state index contributed by atoms with van der Waals surface area (Å²) in [6.45, 7) is 5.52. The summed E-state index contributed by atoms with van der Waals surface area (Å²) in [7, 11) is 0. The second-order valence-electron chi connectivity index (χ2n) is 7.49. The summed E-state index contributed by atoms with van der Waals surface area (Å²) in [6, 6.07) is 11.4. The first kappa shape index (κ1) is 19.8. The van der Waals surface area contributed by atoms with E-state index in [-0.39, 0.29) is 24.3 Å². The number of carbonyl (C=O) groups excluding carboxylic acids is 2. The van der Waals surface area contributed by atoms with Crippen LogP contribution in [0.2, 0.25) is 0 Å². The van der Waals surface area contributed by atoms with E-state index in [0.29, 0.717) is 29.4 Å². The molecule has 3 aromatic rings. The molecule has 2 atom stereocenters. The Morgan fingerprint density at radius 3 is 2.73 bits per heavy atom. The van der Waals surface area contributed by atoms with Gasteiger partial charge in [0.15, 0.2) is 6.29 Å². The molecule has 0 bridgehead atoms. The third kappa shape index (κ3) is 4.11. The van der Waals surface area contributed by atoms with E-state index < -0.39 is 6.29 Å². The van der Waals surface area contributed by atoms with Crippen molar-refractivity contribution in [3.05, 3.63) is 53.4 Å². The molecule has 0 aliphatic carbocycles. The van der Waals surface area contributed by atoms with Gasteiger partial charge in [-0.2, -0.15) is 5.10 Å². The summed E-state index contributed by atoms with van der Waals surface area (Å²) in [5.74, 6) is 0.810. The molecule has 2 unspecified atom stereocenters. The quantitative estimate of drug-likeness (QED) is 0.597. The first-order valence-corrected chi connectivity index (χ1v) is 9.82. The molecule has 1 fully saturated rings. The van der Waals surface area contributed by atoms with Gasteiger partial charge in [-0.05, 0) is 20.8 Å². The number of nitrogens with one attached hydrogen (secondary N) is 3. The van der Waals surface area contributed by atoms with Gasteiger partial charge in [0.1, 0.15) is 11.6 Å². The van der Waals surface area contributed by atoms with Gasteiger partial charge >= 0.3 is 0 Å². The largest absolute Gasteiger partial charge is 0.361 e. The number of hydrogen-bond acceptors (Lipinski definition) is 6. The smallest absolute Gasteiger partial charge is 0.230 e. The molecule has 2 aromatic heterocycles. The second kappa shape index (κ2) is 8.11. The zero-order chi connectivity index (χ0) is 21.3. The van der Waals surface area contributed by atoms with Crippen molar-refractivity contribution in [3.8, 4) is 11.3 Å². The zero-order valence-electron chi connectivity index (χ0n) is 17.1. The minimum Gasteiger partial charge on any atom is -0.361 e. The SMILES string of the molecule is Cc1noc(C)c1CC(=O)Nc1cc(-c2ccccc2)nn1C1NC(=O)CC(C)N1. The molecule has 9 heteroatoms. The number of nitrogens with zero attached hydrogens (tertiary/aromatic N) is 3. The molecule has 3 heterocycles. The molecule has 1 aliphatic heterocycles. The highest BCUT2D eigenvalue weighted by molar-refractivity contribution is 5.92. The molecule has 0 radical (unpaired) electrons. The Hall–Kier alpha value is -3.46. The fourth-order valence-corrected chi connectivity index (χ4v) is 3.53. The number of rotatable bonds is 5. The number of benzene rings is 1. The van der Waals surface area contributed by atoms with E-state index in [1.165, 1.54) is 0 Å². The van der Waals surface area contributed by atoms with Crippen LogP contribution in [0.5, 0.6) is 0 Å². The highest BCUT2D eigenvalue weighted by atomic mass is 16.5. The lowest BCUT2D eigenvalue weighted by atomic mass is 10.1. The van der Waals surface area contributed by atoms with E-state index in [2.05, 4.69) is 26.2 Å². The van der Waals surface area contributed by atoms with Crippen LogP contribution >= 0.6 is 0 Å². The van der Waals surface area contributed by atoms with Gasteiger partial charge in [0, 0.05) is 29.7 Å². The van der Waals surface area contributed by atoms with Crippen molar-refractivity contribution in [2.75, 3.05) is 5.32 Å². The van der Waals surface area contributed by atoms with Crippen LogP contribution in [0.25, 0.3) is 11.3 Å². The van der Waals surface area contributed by atoms with Crippen LogP contribution in [0.15, 0.2) is 40.9 Å². The Balaban J connectivity index is 1.64. The average molecular weight is 408 g/mol. The minimum atomic E-state index is -0.562. The summed E-state index contributed by atoms with van der Waals surface area (Å²) < 4.78 is 6.74. The summed E-state index contributed by atoms with van der Waals surface area (Å²) in [6.07, 6.45) is -0.0432. The van der Waals surface area contributed by atoms with E-state index in [9.17, 15) is 9.59 Å². The molecule has 2 amide bonds. The molecular weight excluding hydrogens is 384 g/mol. The summed E-state index contributed by atoms with van der Waals surface area (Å²) in [4.78, 5) is 24.8. The van der Waals surface area contributed by atoms with E-state index in [0.717, 1.165) is 11.1 Å². The lowest BCUT2D eigenvalue weighted by Crippen LogP contribution is -2.52. The fourth-order valence-electron chi connectivity index (χ4n) is 3.53. The average Bonchev–Trinajstić information content (AvgIpc) is 3.26. The highest BCUT2D eigenvalue weighted by Gasteiger charge is 2.27. The lowest BCUT2D eigenvalue weighted by molar-refractivity contribution is -0.125. The predicted octanol–water partition coefficient (Wildman–Crippen LogP) is 2.29. The number of carbonyl (C=O) groups is 2. The zero-order valence-corrected chi connectivity index (χ0v) is 17.1. The van der Waals surface area contributed by atoms with Gasteiger partial charge in [-0.25, -0.2) is 4.68 Å². The van der Waals surface area contributed by atoms with E-state index in [4.69, 9.17) is 4.52 Å². The van der Waals surface area contributed by atoms with Crippen molar-refractivity contribution in [2.45, 2.75) is 45.9 Å². The summed E-state index contributed by atoms with van der Waals surface area (Å²) >= 11 is 0. The second-order valence-corrected chi connectivity index (χ2v) is 7.49. The monoisotopic (exact) mass is 408 g/mol. The molecule has 156 valence electrons. The highest BCUT2D eigenvalue weighted by Crippen LogP contribution is 2.25. The molecule has 1 aromatic carbocycles. The third-order valence-corrected chi connectivity index (χ3v) is 5.07. The Morgan fingerprint density at radius 2 is 2.07 bits per heavy atom. The van der Waals surface area contributed by atoms with Gasteiger partial charge in [-0.3, -0.25) is 14.9 Å². The number of hydrogen-bond donors (Lipinski definition) is 3. The number of aryl methyl sites for hydroxylation is 2. The number of aromatic nitrogens is 3. The van der Waals surface area contributed by atoms with Crippen molar-refractivity contribution in [3.63, 3.8) is 0 Å². The Labute approximate surface area is 173 Å². The first-order chi connectivity index (χ1) is 14.4. The van der Waals surface area contributed by atoms with Crippen LogP contribution in [-0.4, -0.2) is 32.8 Å². The molecule has 0 saturated carbocycles. The van der Waals surface area contributed by atoms with Crippen molar-refractivity contribution < 1.29 is 14.1 Å². The van der Waals surface area contributed by atoms with Crippen LogP contribution in [0.4, 0.5) is 5.82 Å². The van der Waals surface area contributed by atoms with Crippen molar-refractivity contribution >= 4 is 17.6 Å². The first-order valence-electron chi connectivity index (χ1n) is 9.82. The fraction of sp³-hybridized carbons (Fsp3) is 0.333. The molecular formula is C21H24N6O3. The van der Waals surface area contributed by atoms with Crippen molar-refractivity contribution in [2.24, 2.45) is 0 Å². The van der Waals surface area contributed by atoms with Crippen LogP contribution in [-0.2, 0) is 16.0 Å². The maximum atomic E-state index is 12.8. The summed E-state index contributed by atoms with van der Waals surface area (Å²) in [5.41, 5.74) is 3.06. The molecule has 0 spiro atoms. The molecule has 30 heavy (non-hydrogen) atoms. The normalized spacial score (nSPS) is 18.8. The number of anilines is 1. The van der Waals surface area contributed by atoms with Crippen LogP contribution < -0.4 is 16.0 Å². The molecule has 9 nitrogen and oxygen atoms in total. The molecule has 3 N–H and O–H groups in total. The maximum Gasteiger partial charge on any atom is 0.230 e. The predicted molar refractivity (Wildman–Crippen MR) is 110 cm³/mol. The number of amides is 2. The van der Waals surface area contributed by atoms with E-state index in [1.54, 1.807) is 24.6 Å². The van der Waals surface area contributed by atoms with Crippen molar-refractivity contribution in [1.29, 1.82) is 0 Å². The van der Waals surface area contributed by atoms with E-state index in [1.807, 2.05) is 37.3 Å². The van der Waals surface area contributed by atoms with E-state index >= 15 is 0 Å². The molecule has 1 aliphatic rings. The Morgan fingerprint density at radius 1 is 1.30 bits per heavy atom. The molecule has 4 rings (SSSR count). The van der Waals surface area contributed by atoms with Gasteiger partial charge in [-0.15, -0.1) is 0 Å². The van der Waals surface area contributed by atoms with Crippen LogP contribution in [0.1, 0.15) is 36.7 Å². The van der Waals surface area contributed by atoms with Crippen LogP contribution in [0.3, 0.4) is 0 Å². The van der Waals surface area contributed by atoms with Gasteiger partial charge < -0.3 is 15.2 Å². The van der Waals surface area contributed by atoms with Crippen LogP contribution in [0, 0.1) is 13.8 Å². The topological polar surface area (TPSA) is 114 Å². The standard InChI is InChI=1S/C21H24N6O3/c1-12-9-19(28)24-21(22-12)27-18(11-17(25-27)15-7-5-4-6-8-15)23-20(29)10-16-13(2)26-30-14(16)3/h4-8,11-12,21-22H,9-10H2,1-3H3,(H,23,29)(H,24,28). The van der Waals surface area contributed by atoms with Gasteiger partial charge in [0.25, 0.3) is 0 Å². The minimum absolute atomic E-state index is 0.0148. The maximum absolute atomic E-state index is 12.8. The van der Waals surface area contributed by atoms with Gasteiger partial charge in [-0.1, -0.05) is 35.5 Å². The Bertz CT molecular complexity index is 1050. The van der Waals surface area contributed by atoms with Gasteiger partial charge in [0.05, 0.1) is 17.8 Å². The lowest BCUT2D eigenvalue weighted by Gasteiger charge is -2.30.